The van der Waals surface area contributed by atoms with E-state index in [0.29, 0.717) is 46.9 Å². The van der Waals surface area contributed by atoms with Crippen molar-refractivity contribution in [1.29, 1.82) is 0 Å². The van der Waals surface area contributed by atoms with Gasteiger partial charge >= 0.3 is 5.97 Å². The predicted molar refractivity (Wildman–Crippen MR) is 106 cm³/mol. The van der Waals surface area contributed by atoms with Crippen LogP contribution in [0.3, 0.4) is 0 Å². The summed E-state index contributed by atoms with van der Waals surface area (Å²) in [4.78, 5) is 24.7. The molecule has 3 aliphatic rings. The minimum absolute atomic E-state index is 0.0664. The summed E-state index contributed by atoms with van der Waals surface area (Å²) < 4.78 is 0. The zero-order valence-electron chi connectivity index (χ0n) is 16.8. The van der Waals surface area contributed by atoms with Gasteiger partial charge in [-0.05, 0) is 84.5 Å². The van der Waals surface area contributed by atoms with Crippen molar-refractivity contribution in [3.05, 3.63) is 34.9 Å². The van der Waals surface area contributed by atoms with E-state index in [9.17, 15) is 14.7 Å². The summed E-state index contributed by atoms with van der Waals surface area (Å²) in [5.41, 5.74) is 3.19. The van der Waals surface area contributed by atoms with Crippen molar-refractivity contribution in [2.75, 3.05) is 0 Å². The fraction of sp³-hybridized carbons (Fsp3) is 0.667. The molecular weight excluding hydrogens is 336 g/mol. The van der Waals surface area contributed by atoms with Crippen molar-refractivity contribution < 1.29 is 14.7 Å². The molecule has 4 rings (SSSR count). The molecule has 0 aliphatic heterocycles. The van der Waals surface area contributed by atoms with E-state index in [2.05, 4.69) is 26.8 Å². The lowest BCUT2D eigenvalue weighted by Gasteiger charge is -2.52. The number of carbonyl (C=O) groups is 2. The largest absolute Gasteiger partial charge is 0.478 e. The van der Waals surface area contributed by atoms with Gasteiger partial charge in [0.2, 0.25) is 0 Å². The fourth-order valence-electron chi connectivity index (χ4n) is 6.64. The molecule has 0 unspecified atom stereocenters. The molecule has 1 aromatic rings. The quantitative estimate of drug-likeness (QED) is 0.766. The molecule has 0 saturated heterocycles. The normalized spacial score (nSPS) is 34.7. The smallest absolute Gasteiger partial charge is 0.335 e. The van der Waals surface area contributed by atoms with E-state index in [1.54, 1.807) is 6.07 Å². The molecular formula is C24H32O3. The summed E-state index contributed by atoms with van der Waals surface area (Å²) in [6.45, 7) is 6.69. The van der Waals surface area contributed by atoms with Crippen LogP contribution in [0.15, 0.2) is 18.2 Å². The van der Waals surface area contributed by atoms with Crippen molar-refractivity contribution >= 4 is 11.8 Å². The Balaban J connectivity index is 1.77. The van der Waals surface area contributed by atoms with Crippen LogP contribution in [-0.2, 0) is 11.2 Å². The van der Waals surface area contributed by atoms with Crippen LogP contribution in [0, 0.1) is 29.1 Å². The number of ketones is 1. The van der Waals surface area contributed by atoms with Gasteiger partial charge in [-0.2, -0.15) is 0 Å². The molecule has 0 bridgehead atoms. The van der Waals surface area contributed by atoms with Gasteiger partial charge < -0.3 is 5.11 Å². The summed E-state index contributed by atoms with van der Waals surface area (Å²) >= 11 is 0. The summed E-state index contributed by atoms with van der Waals surface area (Å²) in [5, 5.41) is 9.40. The highest BCUT2D eigenvalue weighted by molar-refractivity contribution is 5.88. The molecule has 0 spiro atoms. The van der Waals surface area contributed by atoms with Crippen LogP contribution >= 0.6 is 0 Å². The van der Waals surface area contributed by atoms with Crippen LogP contribution in [-0.4, -0.2) is 16.9 Å². The lowest BCUT2D eigenvalue weighted by Crippen LogP contribution is -2.46. The monoisotopic (exact) mass is 368 g/mol. The highest BCUT2D eigenvalue weighted by atomic mass is 16.4. The van der Waals surface area contributed by atoms with Crippen molar-refractivity contribution in [2.45, 2.75) is 71.6 Å². The van der Waals surface area contributed by atoms with Gasteiger partial charge in [0.25, 0.3) is 0 Å². The topological polar surface area (TPSA) is 54.4 Å². The molecule has 0 amide bonds. The number of rotatable bonds is 4. The van der Waals surface area contributed by atoms with E-state index < -0.39 is 5.97 Å². The number of carboxylic acids is 1. The summed E-state index contributed by atoms with van der Waals surface area (Å²) in [7, 11) is 0. The fourth-order valence-corrected chi connectivity index (χ4v) is 6.64. The van der Waals surface area contributed by atoms with Crippen LogP contribution in [0.1, 0.15) is 86.7 Å². The van der Waals surface area contributed by atoms with Crippen molar-refractivity contribution in [2.24, 2.45) is 29.1 Å². The van der Waals surface area contributed by atoms with Crippen LogP contribution < -0.4 is 0 Å². The first-order valence-corrected chi connectivity index (χ1v) is 10.7. The molecule has 0 radical (unpaired) electrons. The highest BCUT2D eigenvalue weighted by Gasteiger charge is 2.54. The Morgan fingerprint density at radius 3 is 2.70 bits per heavy atom. The number of benzene rings is 1. The Hall–Kier alpha value is -1.64. The molecule has 1 aromatic carbocycles. The van der Waals surface area contributed by atoms with Gasteiger partial charge in [-0.15, -0.1) is 0 Å². The van der Waals surface area contributed by atoms with Gasteiger partial charge in [0.15, 0.2) is 0 Å². The molecule has 3 heteroatoms. The summed E-state index contributed by atoms with van der Waals surface area (Å²) in [5.74, 6) is 1.48. The molecule has 3 nitrogen and oxygen atoms in total. The lowest BCUT2D eigenvalue weighted by molar-refractivity contribution is -0.128. The average molecular weight is 369 g/mol. The molecule has 3 aliphatic carbocycles. The second kappa shape index (κ2) is 6.76. The summed E-state index contributed by atoms with van der Waals surface area (Å²) in [6, 6.07) is 5.65. The molecule has 0 heterocycles. The molecule has 2 saturated carbocycles. The molecule has 5 atom stereocenters. The molecule has 0 aromatic heterocycles. The van der Waals surface area contributed by atoms with Gasteiger partial charge in [0.05, 0.1) is 5.56 Å². The maximum atomic E-state index is 13.3. The van der Waals surface area contributed by atoms with Crippen molar-refractivity contribution in [3.8, 4) is 0 Å². The third kappa shape index (κ3) is 3.13. The second-order valence-electron chi connectivity index (χ2n) is 9.97. The Morgan fingerprint density at radius 2 is 2.00 bits per heavy atom. The Kier molecular flexibility index (Phi) is 4.68. The van der Waals surface area contributed by atoms with E-state index in [4.69, 9.17) is 0 Å². The van der Waals surface area contributed by atoms with Crippen molar-refractivity contribution in [1.82, 2.24) is 0 Å². The first-order valence-electron chi connectivity index (χ1n) is 10.7. The van der Waals surface area contributed by atoms with E-state index >= 15 is 0 Å². The Morgan fingerprint density at radius 1 is 1.22 bits per heavy atom. The summed E-state index contributed by atoms with van der Waals surface area (Å²) in [6.07, 6.45) is 7.61. The number of carboxylic acid groups (broad SMARTS) is 1. The Labute approximate surface area is 162 Å². The first-order chi connectivity index (χ1) is 12.8. The third-order valence-corrected chi connectivity index (χ3v) is 7.83. The van der Waals surface area contributed by atoms with Gasteiger partial charge in [0.1, 0.15) is 5.78 Å². The minimum atomic E-state index is -0.878. The maximum absolute atomic E-state index is 13.3. The maximum Gasteiger partial charge on any atom is 0.335 e. The van der Waals surface area contributed by atoms with Crippen LogP contribution in [0.5, 0.6) is 0 Å². The SMILES string of the molecule is CC(C)CC(=O)[C@H]1Cc2cc(C(=O)O)ccc2[C@H]2CC[C@]3(C)CCC[C@H]3[C@H]12. The molecule has 146 valence electrons. The lowest BCUT2D eigenvalue weighted by atomic mass is 9.52. The predicted octanol–water partition coefficient (Wildman–Crippen LogP) is 5.47. The zero-order chi connectivity index (χ0) is 19.3. The van der Waals surface area contributed by atoms with Gasteiger partial charge in [-0.1, -0.05) is 33.3 Å². The molecule has 27 heavy (non-hydrogen) atoms. The number of carbonyl (C=O) groups excluding carboxylic acids is 1. The van der Waals surface area contributed by atoms with Crippen LogP contribution in [0.2, 0.25) is 0 Å². The number of hydrogen-bond donors (Lipinski definition) is 1. The number of hydrogen-bond acceptors (Lipinski definition) is 2. The number of Topliss-reactive ketones (excluding diaryl/α,β-unsaturated/α-hetero) is 1. The van der Waals surface area contributed by atoms with Crippen LogP contribution in [0.4, 0.5) is 0 Å². The van der Waals surface area contributed by atoms with Gasteiger partial charge in [0, 0.05) is 12.3 Å². The van der Waals surface area contributed by atoms with Gasteiger partial charge in [-0.3, -0.25) is 4.79 Å². The van der Waals surface area contributed by atoms with Crippen molar-refractivity contribution in [3.63, 3.8) is 0 Å². The van der Waals surface area contributed by atoms with E-state index in [0.717, 1.165) is 18.4 Å². The second-order valence-corrected chi connectivity index (χ2v) is 9.97. The standard InChI is InChI=1S/C24H32O3/c1-14(2)11-21(25)19-13-16-12-15(23(26)27)6-7-17(16)18-8-10-24(3)9-4-5-20(24)22(18)19/h6-7,12,14,18-20,22H,4-5,8-11,13H2,1-3H3,(H,26,27)/t18-,19-,20+,22+,24+/m1/s1. The van der Waals surface area contributed by atoms with Crippen LogP contribution in [0.25, 0.3) is 0 Å². The number of fused-ring (bicyclic) bond motifs is 5. The number of aromatic carboxylic acids is 1. The highest BCUT2D eigenvalue weighted by Crippen LogP contribution is 2.62. The molecule has 1 N–H and O–H groups in total. The van der Waals surface area contributed by atoms with Gasteiger partial charge in [-0.25, -0.2) is 4.79 Å². The Bertz CT molecular complexity index is 765. The third-order valence-electron chi connectivity index (χ3n) is 7.83. The van der Waals surface area contributed by atoms with E-state index in [1.807, 2.05) is 6.07 Å². The van der Waals surface area contributed by atoms with E-state index in [-0.39, 0.29) is 5.92 Å². The molecule has 2 fully saturated rings. The zero-order valence-corrected chi connectivity index (χ0v) is 16.8. The first kappa shape index (κ1) is 18.7. The minimum Gasteiger partial charge on any atom is -0.478 e. The average Bonchev–Trinajstić information content (AvgIpc) is 3.01. The van der Waals surface area contributed by atoms with E-state index in [1.165, 1.54) is 31.2 Å².